The van der Waals surface area contributed by atoms with Crippen LogP contribution in [0.5, 0.6) is 5.75 Å². The lowest BCUT2D eigenvalue weighted by molar-refractivity contribution is -0.123. The predicted octanol–water partition coefficient (Wildman–Crippen LogP) is 3.69. The van der Waals surface area contributed by atoms with Crippen LogP contribution in [0.15, 0.2) is 42.5 Å². The minimum Gasteiger partial charge on any atom is -0.482 e. The van der Waals surface area contributed by atoms with Crippen molar-refractivity contribution < 1.29 is 9.53 Å². The van der Waals surface area contributed by atoms with Crippen molar-refractivity contribution in [2.24, 2.45) is 0 Å². The smallest absolute Gasteiger partial charge is 0.258 e. The third kappa shape index (κ3) is 4.19. The highest BCUT2D eigenvalue weighted by atomic mass is 16.5. The third-order valence-electron chi connectivity index (χ3n) is 4.62. The largest absolute Gasteiger partial charge is 0.482 e. The summed E-state index contributed by atoms with van der Waals surface area (Å²) in [6.45, 7) is 1.87. The van der Waals surface area contributed by atoms with Crippen LogP contribution in [0, 0.1) is 11.3 Å². The summed E-state index contributed by atoms with van der Waals surface area (Å²) < 4.78 is 5.48. The first-order valence-corrected chi connectivity index (χ1v) is 8.70. The molecular weight excluding hydrogens is 312 g/mol. The van der Waals surface area contributed by atoms with Crippen molar-refractivity contribution in [1.29, 1.82) is 5.26 Å². The second kappa shape index (κ2) is 7.85. The van der Waals surface area contributed by atoms with Gasteiger partial charge in [0.2, 0.25) is 0 Å². The third-order valence-corrected chi connectivity index (χ3v) is 4.62. The molecule has 1 amide bonds. The van der Waals surface area contributed by atoms with Crippen molar-refractivity contribution in [3.05, 3.63) is 64.7 Å². The van der Waals surface area contributed by atoms with Crippen molar-refractivity contribution in [2.75, 3.05) is 6.61 Å². The Bertz CT molecular complexity index is 808. The zero-order valence-electron chi connectivity index (χ0n) is 14.4. The maximum absolute atomic E-state index is 12.2. The van der Waals surface area contributed by atoms with Gasteiger partial charge in [-0.2, -0.15) is 5.26 Å². The Morgan fingerprint density at radius 3 is 2.76 bits per heavy atom. The lowest BCUT2D eigenvalue weighted by Crippen LogP contribution is -2.31. The molecule has 1 atom stereocenters. The van der Waals surface area contributed by atoms with E-state index in [0.717, 1.165) is 18.4 Å². The molecule has 0 radical (unpaired) electrons. The predicted molar refractivity (Wildman–Crippen MR) is 96.3 cm³/mol. The molecule has 0 heterocycles. The van der Waals surface area contributed by atoms with Crippen molar-refractivity contribution in [3.8, 4) is 11.8 Å². The first-order chi connectivity index (χ1) is 12.2. The monoisotopic (exact) mass is 334 g/mol. The van der Waals surface area contributed by atoms with E-state index in [2.05, 4.69) is 29.6 Å². The SMILES string of the molecule is C[C@@H](NC(=O)COc1ccccc1C#N)c1ccc2c(c1)CCCC2. The second-order valence-electron chi connectivity index (χ2n) is 6.42. The molecule has 0 spiro atoms. The number of aryl methyl sites for hydroxylation is 2. The number of rotatable bonds is 5. The van der Waals surface area contributed by atoms with Gasteiger partial charge in [0.15, 0.2) is 6.61 Å². The highest BCUT2D eigenvalue weighted by Gasteiger charge is 2.14. The van der Waals surface area contributed by atoms with Gasteiger partial charge < -0.3 is 10.1 Å². The number of carbonyl (C=O) groups excluding carboxylic acids is 1. The zero-order chi connectivity index (χ0) is 17.6. The van der Waals surface area contributed by atoms with Gasteiger partial charge in [0, 0.05) is 0 Å². The Morgan fingerprint density at radius 2 is 1.96 bits per heavy atom. The summed E-state index contributed by atoms with van der Waals surface area (Å²) in [5.41, 5.74) is 4.39. The lowest BCUT2D eigenvalue weighted by Gasteiger charge is -2.20. The van der Waals surface area contributed by atoms with E-state index in [1.54, 1.807) is 24.3 Å². The van der Waals surface area contributed by atoms with Gasteiger partial charge in [-0.15, -0.1) is 0 Å². The molecule has 4 heteroatoms. The van der Waals surface area contributed by atoms with E-state index < -0.39 is 0 Å². The van der Waals surface area contributed by atoms with E-state index >= 15 is 0 Å². The van der Waals surface area contributed by atoms with Gasteiger partial charge in [0.05, 0.1) is 11.6 Å². The summed E-state index contributed by atoms with van der Waals surface area (Å²) in [7, 11) is 0. The molecule has 2 aromatic rings. The van der Waals surface area contributed by atoms with Crippen molar-refractivity contribution in [3.63, 3.8) is 0 Å². The van der Waals surface area contributed by atoms with E-state index in [1.165, 1.54) is 24.0 Å². The van der Waals surface area contributed by atoms with Gasteiger partial charge in [-0.25, -0.2) is 0 Å². The standard InChI is InChI=1S/C21H22N2O2/c1-15(17-11-10-16-6-2-3-7-18(16)12-17)23-21(24)14-25-20-9-5-4-8-19(20)13-22/h4-5,8-12,15H,2-3,6-7,14H2,1H3,(H,23,24)/t15-/m1/s1. The van der Waals surface area contributed by atoms with Crippen LogP contribution in [-0.2, 0) is 17.6 Å². The van der Waals surface area contributed by atoms with Crippen LogP contribution < -0.4 is 10.1 Å². The number of ether oxygens (including phenoxy) is 1. The number of nitrogens with one attached hydrogen (secondary N) is 1. The van der Waals surface area contributed by atoms with Crippen LogP contribution >= 0.6 is 0 Å². The van der Waals surface area contributed by atoms with E-state index in [1.807, 2.05) is 6.92 Å². The van der Waals surface area contributed by atoms with Gasteiger partial charge in [-0.05, 0) is 61.4 Å². The number of nitriles is 1. The number of para-hydroxylation sites is 1. The summed E-state index contributed by atoms with van der Waals surface area (Å²) in [4.78, 5) is 12.2. The number of carbonyl (C=O) groups is 1. The fourth-order valence-corrected chi connectivity index (χ4v) is 3.22. The van der Waals surface area contributed by atoms with Gasteiger partial charge in [-0.1, -0.05) is 30.3 Å². The summed E-state index contributed by atoms with van der Waals surface area (Å²) in [6, 6.07) is 15.4. The molecule has 1 aliphatic rings. The molecule has 1 N–H and O–H groups in total. The molecule has 0 saturated heterocycles. The van der Waals surface area contributed by atoms with Crippen molar-refractivity contribution in [1.82, 2.24) is 5.32 Å². The molecule has 2 aromatic carbocycles. The molecule has 0 aliphatic heterocycles. The Morgan fingerprint density at radius 1 is 1.20 bits per heavy atom. The molecule has 0 bridgehead atoms. The first kappa shape index (κ1) is 17.0. The maximum Gasteiger partial charge on any atom is 0.258 e. The quantitative estimate of drug-likeness (QED) is 0.907. The number of amides is 1. The highest BCUT2D eigenvalue weighted by molar-refractivity contribution is 5.78. The molecule has 0 aromatic heterocycles. The summed E-state index contributed by atoms with van der Waals surface area (Å²) in [5, 5.41) is 12.0. The number of hydrogen-bond donors (Lipinski definition) is 1. The topological polar surface area (TPSA) is 62.1 Å². The minimum absolute atomic E-state index is 0.0745. The Labute approximate surface area is 148 Å². The highest BCUT2D eigenvalue weighted by Crippen LogP contribution is 2.24. The minimum atomic E-state index is -0.196. The first-order valence-electron chi connectivity index (χ1n) is 8.70. The number of nitrogens with zero attached hydrogens (tertiary/aromatic N) is 1. The molecule has 0 saturated carbocycles. The van der Waals surface area contributed by atoms with E-state index in [-0.39, 0.29) is 18.6 Å². The molecule has 4 nitrogen and oxygen atoms in total. The van der Waals surface area contributed by atoms with Gasteiger partial charge in [-0.3, -0.25) is 4.79 Å². The molecular formula is C21H22N2O2. The van der Waals surface area contributed by atoms with E-state index in [4.69, 9.17) is 10.00 Å². The zero-order valence-corrected chi connectivity index (χ0v) is 14.4. The van der Waals surface area contributed by atoms with Crippen LogP contribution in [0.2, 0.25) is 0 Å². The Hall–Kier alpha value is -2.80. The van der Waals surface area contributed by atoms with E-state index in [0.29, 0.717) is 11.3 Å². The molecule has 0 unspecified atom stereocenters. The van der Waals surface area contributed by atoms with Gasteiger partial charge in [0.1, 0.15) is 11.8 Å². The van der Waals surface area contributed by atoms with Crippen LogP contribution in [0.25, 0.3) is 0 Å². The molecule has 0 fully saturated rings. The number of hydrogen-bond acceptors (Lipinski definition) is 3. The number of benzene rings is 2. The van der Waals surface area contributed by atoms with Crippen molar-refractivity contribution in [2.45, 2.75) is 38.6 Å². The van der Waals surface area contributed by atoms with E-state index in [9.17, 15) is 4.79 Å². The van der Waals surface area contributed by atoms with Gasteiger partial charge in [0.25, 0.3) is 5.91 Å². The summed E-state index contributed by atoms with van der Waals surface area (Å²) in [5.74, 6) is 0.236. The van der Waals surface area contributed by atoms with Crippen LogP contribution in [0.1, 0.15) is 48.1 Å². The summed E-state index contributed by atoms with van der Waals surface area (Å²) >= 11 is 0. The van der Waals surface area contributed by atoms with Crippen LogP contribution in [0.3, 0.4) is 0 Å². The number of fused-ring (bicyclic) bond motifs is 1. The lowest BCUT2D eigenvalue weighted by atomic mass is 9.89. The molecule has 3 rings (SSSR count). The van der Waals surface area contributed by atoms with Crippen molar-refractivity contribution >= 4 is 5.91 Å². The van der Waals surface area contributed by atoms with Crippen LogP contribution in [0.4, 0.5) is 0 Å². The molecule has 25 heavy (non-hydrogen) atoms. The Balaban J connectivity index is 1.58. The van der Waals surface area contributed by atoms with Crippen LogP contribution in [-0.4, -0.2) is 12.5 Å². The summed E-state index contributed by atoms with van der Waals surface area (Å²) in [6.07, 6.45) is 4.78. The molecule has 1 aliphatic carbocycles. The Kier molecular flexibility index (Phi) is 5.35. The normalized spacial score (nSPS) is 14.1. The average molecular weight is 334 g/mol. The second-order valence-corrected chi connectivity index (χ2v) is 6.42. The van der Waals surface area contributed by atoms with Gasteiger partial charge >= 0.3 is 0 Å². The molecule has 128 valence electrons. The maximum atomic E-state index is 12.2. The fourth-order valence-electron chi connectivity index (χ4n) is 3.22. The average Bonchev–Trinajstić information content (AvgIpc) is 2.66. The fraction of sp³-hybridized carbons (Fsp3) is 0.333.